The summed E-state index contributed by atoms with van der Waals surface area (Å²) in [5, 5.41) is 6.21. The highest BCUT2D eigenvalue weighted by Gasteiger charge is 2.01. The van der Waals surface area contributed by atoms with Crippen LogP contribution < -0.4 is 10.6 Å². The summed E-state index contributed by atoms with van der Waals surface area (Å²) in [5.74, 6) is 0.434. The number of methoxy groups -OCH3 is 1. The van der Waals surface area contributed by atoms with Gasteiger partial charge in [0.05, 0.1) is 13.5 Å². The lowest BCUT2D eigenvalue weighted by Gasteiger charge is -2.11. The molecule has 1 aromatic rings. The van der Waals surface area contributed by atoms with E-state index in [1.807, 2.05) is 30.3 Å². The lowest BCUT2D eigenvalue weighted by molar-refractivity contribution is -0.140. The zero-order chi connectivity index (χ0) is 13.2. The molecule has 0 fully saturated rings. The maximum absolute atomic E-state index is 10.9. The number of rotatable bonds is 5. The number of esters is 1. The Hall–Kier alpha value is -1.31. The van der Waals surface area contributed by atoms with Crippen molar-refractivity contribution < 1.29 is 9.53 Å². The van der Waals surface area contributed by atoms with E-state index in [0.29, 0.717) is 25.5 Å². The molecule has 0 aliphatic rings. The maximum Gasteiger partial charge on any atom is 0.307 e. The lowest BCUT2D eigenvalue weighted by Crippen LogP contribution is -2.37. The third-order valence-electron chi connectivity index (χ3n) is 2.38. The molecule has 1 aromatic carbocycles. The van der Waals surface area contributed by atoms with Gasteiger partial charge in [0.1, 0.15) is 0 Å². The van der Waals surface area contributed by atoms with Gasteiger partial charge in [-0.15, -0.1) is 24.0 Å². The van der Waals surface area contributed by atoms with E-state index in [0.717, 1.165) is 0 Å². The first kappa shape index (κ1) is 17.7. The van der Waals surface area contributed by atoms with Crippen LogP contribution >= 0.6 is 24.0 Å². The fourth-order valence-electron chi connectivity index (χ4n) is 1.39. The molecule has 0 bridgehead atoms. The van der Waals surface area contributed by atoms with Crippen LogP contribution in [0.1, 0.15) is 12.0 Å². The predicted molar refractivity (Wildman–Crippen MR) is 86.7 cm³/mol. The van der Waals surface area contributed by atoms with Crippen LogP contribution in [0.15, 0.2) is 35.3 Å². The fourth-order valence-corrected chi connectivity index (χ4v) is 1.39. The standard InChI is InChI=1S/C13H19N3O2.HI/c1-14-13(15-9-8-12(17)18-2)16-10-11-6-4-3-5-7-11;/h3-7H,8-10H2,1-2H3,(H2,14,15,16);1H. The number of hydrogen-bond donors (Lipinski definition) is 2. The van der Waals surface area contributed by atoms with Crippen molar-refractivity contribution >= 4 is 35.9 Å². The van der Waals surface area contributed by atoms with Gasteiger partial charge in [-0.25, -0.2) is 0 Å². The molecule has 2 N–H and O–H groups in total. The van der Waals surface area contributed by atoms with Crippen LogP contribution in [0.5, 0.6) is 0 Å². The number of ether oxygens (including phenoxy) is 1. The summed E-state index contributed by atoms with van der Waals surface area (Å²) in [6, 6.07) is 10.0. The van der Waals surface area contributed by atoms with Crippen molar-refractivity contribution in [3.8, 4) is 0 Å². The molecule has 0 aromatic heterocycles. The molecule has 0 aliphatic carbocycles. The van der Waals surface area contributed by atoms with E-state index in [9.17, 15) is 4.79 Å². The normalized spacial score (nSPS) is 10.3. The average molecular weight is 377 g/mol. The third-order valence-corrected chi connectivity index (χ3v) is 2.38. The van der Waals surface area contributed by atoms with Gasteiger partial charge < -0.3 is 15.4 Å². The van der Waals surface area contributed by atoms with E-state index < -0.39 is 0 Å². The number of benzene rings is 1. The van der Waals surface area contributed by atoms with Gasteiger partial charge >= 0.3 is 5.97 Å². The topological polar surface area (TPSA) is 62.7 Å². The van der Waals surface area contributed by atoms with Crippen LogP contribution in [0.25, 0.3) is 0 Å². The van der Waals surface area contributed by atoms with E-state index >= 15 is 0 Å². The van der Waals surface area contributed by atoms with Crippen LogP contribution in [0, 0.1) is 0 Å². The Kier molecular flexibility index (Phi) is 9.87. The summed E-state index contributed by atoms with van der Waals surface area (Å²) in [6.45, 7) is 1.19. The highest BCUT2D eigenvalue weighted by molar-refractivity contribution is 14.0. The molecule has 0 radical (unpaired) electrons. The second-order valence-electron chi connectivity index (χ2n) is 3.66. The fraction of sp³-hybridized carbons (Fsp3) is 0.385. The summed E-state index contributed by atoms with van der Waals surface area (Å²) in [6.07, 6.45) is 0.322. The molecule has 0 amide bonds. The minimum absolute atomic E-state index is 0. The zero-order valence-corrected chi connectivity index (χ0v) is 13.5. The molecule has 19 heavy (non-hydrogen) atoms. The highest BCUT2D eigenvalue weighted by atomic mass is 127. The Morgan fingerprint density at radius 2 is 1.95 bits per heavy atom. The smallest absolute Gasteiger partial charge is 0.307 e. The largest absolute Gasteiger partial charge is 0.469 e. The average Bonchev–Trinajstić information content (AvgIpc) is 2.43. The number of hydrogen-bond acceptors (Lipinski definition) is 3. The van der Waals surface area contributed by atoms with Gasteiger partial charge in [0.2, 0.25) is 0 Å². The van der Waals surface area contributed by atoms with E-state index in [-0.39, 0.29) is 29.9 Å². The first-order valence-corrected chi connectivity index (χ1v) is 5.81. The quantitative estimate of drug-likeness (QED) is 0.354. The molecule has 1 rings (SSSR count). The van der Waals surface area contributed by atoms with Crippen molar-refractivity contribution in [2.45, 2.75) is 13.0 Å². The number of halogens is 1. The molecule has 0 saturated heterocycles. The summed E-state index contributed by atoms with van der Waals surface area (Å²) < 4.78 is 4.56. The maximum atomic E-state index is 10.9. The van der Waals surface area contributed by atoms with Crippen LogP contribution in [-0.2, 0) is 16.1 Å². The van der Waals surface area contributed by atoms with Crippen LogP contribution in [-0.4, -0.2) is 32.6 Å². The highest BCUT2D eigenvalue weighted by Crippen LogP contribution is 1.96. The molecular weight excluding hydrogens is 357 g/mol. The summed E-state index contributed by atoms with van der Waals surface area (Å²) in [4.78, 5) is 15.0. The number of carbonyl (C=O) groups is 1. The molecule has 5 nitrogen and oxygen atoms in total. The van der Waals surface area contributed by atoms with Crippen LogP contribution in [0.2, 0.25) is 0 Å². The molecule has 0 unspecified atom stereocenters. The van der Waals surface area contributed by atoms with E-state index in [1.165, 1.54) is 12.7 Å². The van der Waals surface area contributed by atoms with Crippen LogP contribution in [0.3, 0.4) is 0 Å². The Morgan fingerprint density at radius 3 is 2.53 bits per heavy atom. The number of aliphatic imine (C=N–C) groups is 1. The predicted octanol–water partition coefficient (Wildman–Crippen LogP) is 1.53. The Morgan fingerprint density at radius 1 is 1.26 bits per heavy atom. The van der Waals surface area contributed by atoms with Crippen molar-refractivity contribution in [3.05, 3.63) is 35.9 Å². The van der Waals surface area contributed by atoms with E-state index in [1.54, 1.807) is 7.05 Å². The Labute approximate surface area is 130 Å². The summed E-state index contributed by atoms with van der Waals surface area (Å²) >= 11 is 0. The second kappa shape index (κ2) is 10.6. The molecule has 0 spiro atoms. The monoisotopic (exact) mass is 377 g/mol. The van der Waals surface area contributed by atoms with Crippen molar-refractivity contribution in [2.24, 2.45) is 4.99 Å². The van der Waals surface area contributed by atoms with Crippen molar-refractivity contribution in [1.29, 1.82) is 0 Å². The number of nitrogens with zero attached hydrogens (tertiary/aromatic N) is 1. The van der Waals surface area contributed by atoms with Gasteiger partial charge in [-0.3, -0.25) is 9.79 Å². The summed E-state index contributed by atoms with van der Waals surface area (Å²) in [7, 11) is 3.07. The third kappa shape index (κ3) is 7.66. The van der Waals surface area contributed by atoms with Gasteiger partial charge in [-0.1, -0.05) is 30.3 Å². The van der Waals surface area contributed by atoms with Crippen LogP contribution in [0.4, 0.5) is 0 Å². The minimum atomic E-state index is -0.235. The molecule has 0 heterocycles. The first-order chi connectivity index (χ1) is 8.76. The van der Waals surface area contributed by atoms with Crippen molar-refractivity contribution in [2.75, 3.05) is 20.7 Å². The molecule has 106 valence electrons. The summed E-state index contributed by atoms with van der Waals surface area (Å²) in [5.41, 5.74) is 1.17. The number of guanidine groups is 1. The molecular formula is C13H20IN3O2. The molecule has 6 heteroatoms. The number of carbonyl (C=O) groups excluding carboxylic acids is 1. The van der Waals surface area contributed by atoms with Gasteiger partial charge in [-0.05, 0) is 5.56 Å². The Bertz CT molecular complexity index is 396. The minimum Gasteiger partial charge on any atom is -0.469 e. The number of nitrogens with one attached hydrogen (secondary N) is 2. The molecule has 0 saturated carbocycles. The van der Waals surface area contributed by atoms with Gasteiger partial charge in [0.15, 0.2) is 5.96 Å². The first-order valence-electron chi connectivity index (χ1n) is 5.81. The van der Waals surface area contributed by atoms with Crippen molar-refractivity contribution in [1.82, 2.24) is 10.6 Å². The second-order valence-corrected chi connectivity index (χ2v) is 3.66. The zero-order valence-electron chi connectivity index (χ0n) is 11.2. The van der Waals surface area contributed by atoms with Gasteiger partial charge in [0.25, 0.3) is 0 Å². The molecule has 0 atom stereocenters. The van der Waals surface area contributed by atoms with E-state index in [2.05, 4.69) is 20.4 Å². The SMILES string of the molecule is CN=C(NCCC(=O)OC)NCc1ccccc1.I. The van der Waals surface area contributed by atoms with Crippen molar-refractivity contribution in [3.63, 3.8) is 0 Å². The lowest BCUT2D eigenvalue weighted by atomic mass is 10.2. The molecule has 0 aliphatic heterocycles. The van der Waals surface area contributed by atoms with Gasteiger partial charge in [0, 0.05) is 20.1 Å². The Balaban J connectivity index is 0.00000324. The van der Waals surface area contributed by atoms with E-state index in [4.69, 9.17) is 0 Å². The van der Waals surface area contributed by atoms with Gasteiger partial charge in [-0.2, -0.15) is 0 Å².